The van der Waals surface area contributed by atoms with Crippen molar-refractivity contribution in [2.75, 3.05) is 5.32 Å². The van der Waals surface area contributed by atoms with Gasteiger partial charge < -0.3 is 10.1 Å². The quantitative estimate of drug-likeness (QED) is 0.413. The van der Waals surface area contributed by atoms with Gasteiger partial charge in [-0.15, -0.1) is 0 Å². The minimum Gasteiger partial charge on any atom is -0.456 e. The van der Waals surface area contributed by atoms with Crippen molar-refractivity contribution in [3.05, 3.63) is 91.8 Å². The summed E-state index contributed by atoms with van der Waals surface area (Å²) >= 11 is 7.33. The molecule has 1 fully saturated rings. The molecule has 8 nitrogen and oxygen atoms in total. The normalized spacial score (nSPS) is 13.1. The van der Waals surface area contributed by atoms with Crippen molar-refractivity contribution in [2.24, 2.45) is 0 Å². The zero-order chi connectivity index (χ0) is 22.9. The Morgan fingerprint density at radius 1 is 1.15 bits per heavy atom. The number of benzene rings is 2. The molecule has 2 heterocycles. The van der Waals surface area contributed by atoms with Crippen molar-refractivity contribution in [1.82, 2.24) is 14.6 Å². The molecule has 0 saturated heterocycles. The molecule has 1 amide bonds. The Morgan fingerprint density at radius 2 is 1.97 bits per heavy atom. The van der Waals surface area contributed by atoms with Gasteiger partial charge in [0.15, 0.2) is 0 Å². The highest BCUT2D eigenvalue weighted by Gasteiger charge is 2.28. The highest BCUT2D eigenvalue weighted by molar-refractivity contribution is 7.16. The average molecular weight is 481 g/mol. The van der Waals surface area contributed by atoms with Gasteiger partial charge in [0.1, 0.15) is 11.6 Å². The van der Waals surface area contributed by atoms with Crippen molar-refractivity contribution >= 4 is 45.5 Å². The Balaban J connectivity index is 1.31. The largest absolute Gasteiger partial charge is 0.456 e. The fourth-order valence-corrected chi connectivity index (χ4v) is 4.53. The number of fused-ring (bicyclic) bond motifs is 1. The number of rotatable bonds is 6. The van der Waals surface area contributed by atoms with Crippen LogP contribution in [-0.2, 0) is 11.3 Å². The van der Waals surface area contributed by atoms with Crippen LogP contribution in [0.2, 0.25) is 5.02 Å². The van der Waals surface area contributed by atoms with Gasteiger partial charge in [-0.3, -0.25) is 9.59 Å². The molecule has 5 rings (SSSR count). The van der Waals surface area contributed by atoms with E-state index in [0.29, 0.717) is 32.8 Å². The van der Waals surface area contributed by atoms with Gasteiger partial charge in [-0.2, -0.15) is 9.61 Å². The average Bonchev–Trinajstić information content (AvgIpc) is 3.57. The van der Waals surface area contributed by atoms with Crippen LogP contribution in [0, 0.1) is 0 Å². The van der Waals surface area contributed by atoms with Crippen LogP contribution in [0.25, 0.3) is 4.96 Å². The summed E-state index contributed by atoms with van der Waals surface area (Å²) in [4.78, 5) is 42.6. The molecule has 0 atom stereocenters. The fraction of sp³-hybridized carbons (Fsp3) is 0.174. The molecule has 2 aromatic carbocycles. The van der Waals surface area contributed by atoms with Crippen LogP contribution in [0.3, 0.4) is 0 Å². The van der Waals surface area contributed by atoms with Gasteiger partial charge in [0.2, 0.25) is 4.96 Å². The van der Waals surface area contributed by atoms with Crippen LogP contribution in [0.5, 0.6) is 0 Å². The predicted molar refractivity (Wildman–Crippen MR) is 124 cm³/mol. The van der Waals surface area contributed by atoms with E-state index in [0.717, 1.165) is 17.8 Å². The number of hydrogen-bond acceptors (Lipinski definition) is 7. The van der Waals surface area contributed by atoms with E-state index in [1.165, 1.54) is 28.0 Å². The van der Waals surface area contributed by atoms with Crippen LogP contribution < -0.4 is 10.9 Å². The Kier molecular flexibility index (Phi) is 5.65. The van der Waals surface area contributed by atoms with Gasteiger partial charge in [0, 0.05) is 22.6 Å². The minimum atomic E-state index is -0.651. The van der Waals surface area contributed by atoms with E-state index >= 15 is 0 Å². The molecular formula is C23H17ClN4O4S. The molecule has 1 aliphatic carbocycles. The number of para-hydroxylation sites is 1. The number of amides is 1. The second-order valence-corrected chi connectivity index (χ2v) is 9.00. The number of ether oxygens (including phenoxy) is 1. The van der Waals surface area contributed by atoms with Gasteiger partial charge >= 0.3 is 5.97 Å². The van der Waals surface area contributed by atoms with Crippen LogP contribution >= 0.6 is 22.9 Å². The molecule has 166 valence electrons. The smallest absolute Gasteiger partial charge is 0.340 e. The van der Waals surface area contributed by atoms with E-state index in [1.54, 1.807) is 42.5 Å². The molecule has 1 saturated carbocycles. The predicted octanol–water partition coefficient (Wildman–Crippen LogP) is 4.29. The number of halogens is 1. The third kappa shape index (κ3) is 4.64. The molecule has 4 aromatic rings. The van der Waals surface area contributed by atoms with Crippen LogP contribution in [-0.4, -0.2) is 26.5 Å². The molecule has 33 heavy (non-hydrogen) atoms. The maximum atomic E-state index is 12.7. The number of esters is 1. The molecule has 0 bridgehead atoms. The topological polar surface area (TPSA) is 103 Å². The molecule has 0 aliphatic heterocycles. The number of nitrogens with zero attached hydrogens (tertiary/aromatic N) is 3. The molecule has 0 spiro atoms. The van der Waals surface area contributed by atoms with E-state index in [4.69, 9.17) is 16.3 Å². The van der Waals surface area contributed by atoms with Gasteiger partial charge in [0.05, 0.1) is 16.9 Å². The van der Waals surface area contributed by atoms with Gasteiger partial charge in [0.25, 0.3) is 11.5 Å². The Hall–Kier alpha value is -3.56. The number of carbonyl (C=O) groups is 2. The lowest BCUT2D eigenvalue weighted by molar-refractivity contribution is 0.0469. The summed E-state index contributed by atoms with van der Waals surface area (Å²) in [5.74, 6) is -0.646. The maximum Gasteiger partial charge on any atom is 0.340 e. The van der Waals surface area contributed by atoms with Gasteiger partial charge in [-0.25, -0.2) is 9.78 Å². The highest BCUT2D eigenvalue weighted by atomic mass is 35.5. The van der Waals surface area contributed by atoms with Gasteiger partial charge in [-0.1, -0.05) is 41.1 Å². The minimum absolute atomic E-state index is 0.180. The SMILES string of the molecule is O=C(Nc1ccccc1C(=O)OCc1cc(=O)n2nc(C3CC3)sc2n1)c1cccc(Cl)c1. The summed E-state index contributed by atoms with van der Waals surface area (Å²) < 4.78 is 6.68. The maximum absolute atomic E-state index is 12.7. The third-order valence-corrected chi connectivity index (χ3v) is 6.38. The molecule has 0 radical (unpaired) electrons. The Bertz CT molecular complexity index is 1440. The first-order chi connectivity index (χ1) is 16.0. The second-order valence-electron chi connectivity index (χ2n) is 7.58. The summed E-state index contributed by atoms with van der Waals surface area (Å²) in [6.45, 7) is -0.183. The number of carbonyl (C=O) groups excluding carboxylic acids is 2. The second kappa shape index (κ2) is 8.76. The Morgan fingerprint density at radius 3 is 2.76 bits per heavy atom. The summed E-state index contributed by atoms with van der Waals surface area (Å²) in [5, 5.41) is 8.38. The lowest BCUT2D eigenvalue weighted by Gasteiger charge is -2.11. The lowest BCUT2D eigenvalue weighted by Crippen LogP contribution is -2.18. The van der Waals surface area contributed by atoms with E-state index in [9.17, 15) is 14.4 Å². The first kappa shape index (κ1) is 21.3. The highest BCUT2D eigenvalue weighted by Crippen LogP contribution is 2.41. The molecule has 1 N–H and O–H groups in total. The number of aromatic nitrogens is 3. The molecule has 10 heteroatoms. The first-order valence-electron chi connectivity index (χ1n) is 10.2. The number of hydrogen-bond donors (Lipinski definition) is 1. The molecule has 1 aliphatic rings. The van der Waals surface area contributed by atoms with Crippen LogP contribution in [0.15, 0.2) is 59.4 Å². The standard InChI is InChI=1S/C23H17ClN4O4S/c24-15-5-3-4-14(10-15)20(30)26-18-7-2-1-6-17(18)22(31)32-12-16-11-19(29)28-23(25-16)33-21(27-28)13-8-9-13/h1-7,10-11,13H,8-9,12H2,(H,26,30). The fourth-order valence-electron chi connectivity index (χ4n) is 3.25. The van der Waals surface area contributed by atoms with E-state index in [1.807, 2.05) is 0 Å². The van der Waals surface area contributed by atoms with E-state index < -0.39 is 11.9 Å². The van der Waals surface area contributed by atoms with Crippen molar-refractivity contribution in [3.63, 3.8) is 0 Å². The lowest BCUT2D eigenvalue weighted by atomic mass is 10.1. The van der Waals surface area contributed by atoms with E-state index in [2.05, 4.69) is 15.4 Å². The monoisotopic (exact) mass is 480 g/mol. The number of anilines is 1. The zero-order valence-electron chi connectivity index (χ0n) is 17.2. The zero-order valence-corrected chi connectivity index (χ0v) is 18.7. The summed E-state index contributed by atoms with van der Waals surface area (Å²) in [7, 11) is 0. The van der Waals surface area contributed by atoms with Crippen molar-refractivity contribution in [1.29, 1.82) is 0 Å². The van der Waals surface area contributed by atoms with Crippen molar-refractivity contribution in [2.45, 2.75) is 25.4 Å². The first-order valence-corrected chi connectivity index (χ1v) is 11.4. The molecular weight excluding hydrogens is 464 g/mol. The number of nitrogens with one attached hydrogen (secondary N) is 1. The summed E-state index contributed by atoms with van der Waals surface area (Å²) in [6, 6.07) is 14.3. The van der Waals surface area contributed by atoms with E-state index in [-0.39, 0.29) is 17.7 Å². The molecule has 0 unspecified atom stereocenters. The van der Waals surface area contributed by atoms with Crippen LogP contribution in [0.4, 0.5) is 5.69 Å². The summed E-state index contributed by atoms with van der Waals surface area (Å²) in [5.41, 5.74) is 0.855. The van der Waals surface area contributed by atoms with Crippen LogP contribution in [0.1, 0.15) is 50.2 Å². The Labute approximate surface area is 196 Å². The van der Waals surface area contributed by atoms with Gasteiger partial charge in [-0.05, 0) is 43.2 Å². The third-order valence-electron chi connectivity index (χ3n) is 5.07. The van der Waals surface area contributed by atoms with Crippen molar-refractivity contribution < 1.29 is 14.3 Å². The molecule has 2 aromatic heterocycles. The summed E-state index contributed by atoms with van der Waals surface area (Å²) in [6.07, 6.45) is 2.15. The van der Waals surface area contributed by atoms with Crippen molar-refractivity contribution in [3.8, 4) is 0 Å².